The Morgan fingerprint density at radius 1 is 1.02 bits per heavy atom. The summed E-state index contributed by atoms with van der Waals surface area (Å²) in [6, 6.07) is 4.73. The summed E-state index contributed by atoms with van der Waals surface area (Å²) >= 11 is 0. The molecule has 8 heteroatoms. The fourth-order valence-corrected chi connectivity index (χ4v) is 9.32. The van der Waals surface area contributed by atoms with Gasteiger partial charge in [0.1, 0.15) is 28.6 Å². The number of ketones is 4. The number of hydrogen-bond donors (Lipinski definition) is 4. The molecule has 1 aromatic rings. The van der Waals surface area contributed by atoms with Crippen molar-refractivity contribution >= 4 is 23.1 Å². The summed E-state index contributed by atoms with van der Waals surface area (Å²) in [7, 11) is 0. The van der Waals surface area contributed by atoms with Crippen molar-refractivity contribution < 1.29 is 39.6 Å². The van der Waals surface area contributed by atoms with E-state index in [1.54, 1.807) is 39.8 Å². The van der Waals surface area contributed by atoms with Crippen LogP contribution in [0.4, 0.5) is 0 Å². The number of rotatable bonds is 5. The van der Waals surface area contributed by atoms with Gasteiger partial charge in [-0.1, -0.05) is 66.0 Å². The Bertz CT molecular complexity index is 1460. The van der Waals surface area contributed by atoms with E-state index >= 15 is 0 Å². The van der Waals surface area contributed by atoms with Gasteiger partial charge in [0.05, 0.1) is 5.56 Å². The molecule has 6 atom stereocenters. The van der Waals surface area contributed by atoms with Crippen LogP contribution >= 0.6 is 0 Å². The third kappa shape index (κ3) is 3.63. The maximum absolute atomic E-state index is 14.3. The molecule has 4 aliphatic carbocycles. The Balaban J connectivity index is 1.88. The van der Waals surface area contributed by atoms with Crippen LogP contribution in [0.15, 0.2) is 40.9 Å². The monoisotopic (exact) mass is 578 g/mol. The van der Waals surface area contributed by atoms with Crippen molar-refractivity contribution in [2.75, 3.05) is 0 Å². The molecule has 0 amide bonds. The quantitative estimate of drug-likeness (QED) is 0.326. The number of carbonyl (C=O) groups is 4. The fourth-order valence-electron chi connectivity index (χ4n) is 9.32. The van der Waals surface area contributed by atoms with E-state index in [9.17, 15) is 39.6 Å². The highest BCUT2D eigenvalue weighted by Crippen LogP contribution is 2.71. The first-order valence-corrected chi connectivity index (χ1v) is 15.1. The second kappa shape index (κ2) is 9.90. The average molecular weight is 579 g/mol. The van der Waals surface area contributed by atoms with Gasteiger partial charge in [-0.05, 0) is 49.1 Å². The predicted octanol–water partition coefficient (Wildman–Crippen LogP) is 5.67. The van der Waals surface area contributed by atoms with Crippen LogP contribution < -0.4 is 0 Å². The summed E-state index contributed by atoms with van der Waals surface area (Å²) in [6.07, 6.45) is 4.26. The van der Waals surface area contributed by atoms with Gasteiger partial charge < -0.3 is 20.4 Å². The summed E-state index contributed by atoms with van der Waals surface area (Å²) < 4.78 is 0. The largest absolute Gasteiger partial charge is 0.511 e. The van der Waals surface area contributed by atoms with Gasteiger partial charge in [-0.3, -0.25) is 19.2 Å². The third-order valence-corrected chi connectivity index (χ3v) is 11.5. The molecule has 4 N–H and O–H groups in total. The Morgan fingerprint density at radius 3 is 2.21 bits per heavy atom. The number of allylic oxidation sites excluding steroid dienone is 2. The lowest BCUT2D eigenvalue weighted by Crippen LogP contribution is -2.71. The van der Waals surface area contributed by atoms with Crippen molar-refractivity contribution in [1.29, 1.82) is 0 Å². The second-order valence-electron chi connectivity index (χ2n) is 13.7. The van der Waals surface area contributed by atoms with Gasteiger partial charge in [0.15, 0.2) is 17.2 Å². The number of carbonyl (C=O) groups excluding carboxylic acids is 4. The molecule has 1 aromatic carbocycles. The second-order valence-corrected chi connectivity index (χ2v) is 13.7. The number of phenolic OH excluding ortho intramolecular Hbond substituents is 1. The first-order chi connectivity index (χ1) is 19.6. The van der Waals surface area contributed by atoms with E-state index in [-0.39, 0.29) is 35.0 Å². The lowest BCUT2D eigenvalue weighted by atomic mass is 9.38. The van der Waals surface area contributed by atoms with E-state index in [0.29, 0.717) is 5.56 Å². The minimum absolute atomic E-state index is 0.0255. The molecule has 1 unspecified atom stereocenters. The highest BCUT2D eigenvalue weighted by Gasteiger charge is 2.75. The molecule has 42 heavy (non-hydrogen) atoms. The van der Waals surface area contributed by atoms with Crippen LogP contribution in [0, 0.1) is 34.5 Å². The van der Waals surface area contributed by atoms with Crippen LogP contribution in [0.3, 0.4) is 0 Å². The lowest BCUT2D eigenvalue weighted by molar-refractivity contribution is -0.194. The van der Waals surface area contributed by atoms with Crippen molar-refractivity contribution in [2.45, 2.75) is 91.6 Å². The first kappa shape index (κ1) is 30.2. The first-order valence-electron chi connectivity index (χ1n) is 15.1. The molecule has 4 aliphatic rings. The molecule has 0 bridgehead atoms. The van der Waals surface area contributed by atoms with Crippen LogP contribution in [-0.4, -0.2) is 49.2 Å². The van der Waals surface area contributed by atoms with Gasteiger partial charge in [0.25, 0.3) is 0 Å². The molecule has 8 nitrogen and oxygen atoms in total. The summed E-state index contributed by atoms with van der Waals surface area (Å²) in [5, 5.41) is 47.0. The van der Waals surface area contributed by atoms with Crippen molar-refractivity contribution in [3.63, 3.8) is 0 Å². The Labute approximate surface area is 246 Å². The molecule has 0 aliphatic heterocycles. The molecular formula is C34H42O8. The Kier molecular flexibility index (Phi) is 7.12. The molecule has 1 fully saturated rings. The molecule has 226 valence electrons. The summed E-state index contributed by atoms with van der Waals surface area (Å²) in [5.74, 6) is -7.44. The summed E-state index contributed by atoms with van der Waals surface area (Å²) in [6.45, 7) is 9.94. The molecule has 0 heterocycles. The van der Waals surface area contributed by atoms with Crippen molar-refractivity contribution in [3.05, 3.63) is 52.0 Å². The maximum Gasteiger partial charge on any atom is 0.209 e. The van der Waals surface area contributed by atoms with Crippen LogP contribution in [0.25, 0.3) is 0 Å². The predicted molar refractivity (Wildman–Crippen MR) is 155 cm³/mol. The molecule has 0 radical (unpaired) electrons. The Morgan fingerprint density at radius 2 is 1.64 bits per heavy atom. The van der Waals surface area contributed by atoms with Crippen LogP contribution in [0.5, 0.6) is 5.75 Å². The van der Waals surface area contributed by atoms with E-state index in [4.69, 9.17) is 0 Å². The van der Waals surface area contributed by atoms with Crippen LogP contribution in [0.2, 0.25) is 0 Å². The molecule has 0 spiro atoms. The van der Waals surface area contributed by atoms with Gasteiger partial charge in [-0.15, -0.1) is 0 Å². The topological polar surface area (TPSA) is 149 Å². The zero-order valence-corrected chi connectivity index (χ0v) is 25.3. The third-order valence-electron chi connectivity index (χ3n) is 11.5. The number of aliphatic hydroxyl groups is 3. The highest BCUT2D eigenvalue weighted by atomic mass is 16.4. The zero-order valence-electron chi connectivity index (χ0n) is 25.3. The SMILES string of the molecule is CC(=O)C1=C(O)C(C(C)C)[C@@]2(C)[C@H](CC(=O)C3CCCCC3)[C@]3(C)C(=C(O)[C@@]2(O)C1=O)C(=O)c1c(O)cccc1[C@H]3C. The van der Waals surface area contributed by atoms with E-state index in [1.165, 1.54) is 6.07 Å². The van der Waals surface area contributed by atoms with Gasteiger partial charge in [-0.2, -0.15) is 0 Å². The van der Waals surface area contributed by atoms with E-state index in [1.807, 2.05) is 6.92 Å². The minimum atomic E-state index is -2.78. The van der Waals surface area contributed by atoms with Crippen LogP contribution in [0.1, 0.15) is 102 Å². The van der Waals surface area contributed by atoms with Crippen molar-refractivity contribution in [3.8, 4) is 5.75 Å². The molecule has 1 saturated carbocycles. The molecule has 5 rings (SSSR count). The summed E-state index contributed by atoms with van der Waals surface area (Å²) in [4.78, 5) is 55.3. The maximum atomic E-state index is 14.3. The molecule has 0 aromatic heterocycles. The van der Waals surface area contributed by atoms with Crippen molar-refractivity contribution in [2.24, 2.45) is 34.5 Å². The van der Waals surface area contributed by atoms with E-state index in [0.717, 1.165) is 39.0 Å². The lowest BCUT2D eigenvalue weighted by Gasteiger charge is -2.65. The smallest absolute Gasteiger partial charge is 0.209 e. The number of Topliss-reactive ketones (excluding diaryl/α,β-unsaturated/α-hetero) is 4. The number of fused-ring (bicyclic) bond motifs is 3. The standard InChI is InChI=1S/C34H42O8/c1-16(2)26-28(38)24(18(4)35)30(40)34(42)31(41)27-29(39)25-20(13-10-14-21(25)36)17(3)32(27,5)23(33(26,34)6)15-22(37)19-11-8-7-9-12-19/h10,13-14,16-17,19,23,26,36,38,41-42H,7-9,11-12,15H2,1-6H3/t17-,23-,26?,32-,33-,34+/m1/s1. The number of aliphatic hydroxyl groups excluding tert-OH is 2. The fraction of sp³-hybridized carbons (Fsp3) is 0.588. The van der Waals surface area contributed by atoms with Gasteiger partial charge in [0.2, 0.25) is 5.78 Å². The van der Waals surface area contributed by atoms with Crippen molar-refractivity contribution in [1.82, 2.24) is 0 Å². The molecule has 0 saturated heterocycles. The Hall–Kier alpha value is -3.26. The van der Waals surface area contributed by atoms with E-state index in [2.05, 4.69) is 0 Å². The van der Waals surface area contributed by atoms with Gasteiger partial charge in [0, 0.05) is 34.7 Å². The van der Waals surface area contributed by atoms with E-state index < -0.39 is 74.5 Å². The zero-order chi connectivity index (χ0) is 31.1. The average Bonchev–Trinajstić information content (AvgIpc) is 2.92. The number of phenols is 1. The van der Waals surface area contributed by atoms with Crippen LogP contribution in [-0.2, 0) is 14.4 Å². The van der Waals surface area contributed by atoms with Gasteiger partial charge in [-0.25, -0.2) is 0 Å². The minimum Gasteiger partial charge on any atom is -0.511 e. The normalized spacial score (nSPS) is 35.2. The highest BCUT2D eigenvalue weighted by molar-refractivity contribution is 6.25. The summed E-state index contributed by atoms with van der Waals surface area (Å²) in [5.41, 5.74) is -6.07. The number of aromatic hydroxyl groups is 1. The van der Waals surface area contributed by atoms with Gasteiger partial charge >= 0.3 is 0 Å². The molecular weight excluding hydrogens is 536 g/mol. The number of benzene rings is 1. The number of hydrogen-bond acceptors (Lipinski definition) is 8.